The maximum atomic E-state index is 11.8. The summed E-state index contributed by atoms with van der Waals surface area (Å²) in [6, 6.07) is 5.76. The van der Waals surface area contributed by atoms with Crippen LogP contribution in [0.25, 0.3) is 5.65 Å². The molecule has 3 rings (SSSR count). The summed E-state index contributed by atoms with van der Waals surface area (Å²) < 4.78 is 25.3. The highest BCUT2D eigenvalue weighted by atomic mass is 32.2. The van der Waals surface area contributed by atoms with Crippen molar-refractivity contribution in [3.8, 4) is 0 Å². The lowest BCUT2D eigenvalue weighted by Crippen LogP contribution is -2.19. The number of fused-ring (bicyclic) bond motifs is 1. The molecule has 0 aromatic carbocycles. The van der Waals surface area contributed by atoms with Crippen molar-refractivity contribution in [1.29, 1.82) is 0 Å². The Bertz CT molecular complexity index is 690. The first-order chi connectivity index (χ1) is 8.56. The highest BCUT2D eigenvalue weighted by Crippen LogP contribution is 2.22. The monoisotopic (exact) mass is 265 g/mol. The lowest BCUT2D eigenvalue weighted by Gasteiger charge is -2.04. The number of nitrogens with zero attached hydrogens (tertiary/aromatic N) is 3. The predicted octanol–water partition coefficient (Wildman–Crippen LogP) is 1.16. The molecule has 0 N–H and O–H groups in total. The molecule has 2 aromatic heterocycles. The number of rotatable bonds is 2. The van der Waals surface area contributed by atoms with Gasteiger partial charge in [-0.05, 0) is 31.9 Å². The van der Waals surface area contributed by atoms with Crippen LogP contribution in [0.1, 0.15) is 24.4 Å². The summed E-state index contributed by atoms with van der Waals surface area (Å²) in [6.07, 6.45) is 1.93. The fraction of sp³-hybridized carbons (Fsp3) is 0.500. The minimum atomic E-state index is -2.92. The lowest BCUT2D eigenvalue weighted by molar-refractivity contribution is 0.586. The quantitative estimate of drug-likeness (QED) is 0.817. The van der Waals surface area contributed by atoms with Crippen molar-refractivity contribution in [2.45, 2.75) is 31.4 Å². The molecule has 96 valence electrons. The van der Waals surface area contributed by atoms with Crippen LogP contribution in [0.15, 0.2) is 18.2 Å². The smallest absolute Gasteiger partial charge is 0.155 e. The van der Waals surface area contributed by atoms with E-state index in [1.165, 1.54) is 0 Å². The topological polar surface area (TPSA) is 64.3 Å². The summed E-state index contributed by atoms with van der Waals surface area (Å²) in [5.41, 5.74) is 1.78. The molecule has 5 nitrogen and oxygen atoms in total. The van der Waals surface area contributed by atoms with Crippen LogP contribution in [0.2, 0.25) is 0 Å². The van der Waals surface area contributed by atoms with Gasteiger partial charge in [0, 0.05) is 12.1 Å². The number of aryl methyl sites for hydroxylation is 1. The first kappa shape index (κ1) is 11.6. The second-order valence-corrected chi connectivity index (χ2v) is 7.20. The van der Waals surface area contributed by atoms with Crippen molar-refractivity contribution >= 4 is 15.5 Å². The Labute approximate surface area is 106 Å². The molecule has 18 heavy (non-hydrogen) atoms. The van der Waals surface area contributed by atoms with Crippen LogP contribution < -0.4 is 0 Å². The number of pyridine rings is 1. The lowest BCUT2D eigenvalue weighted by atomic mass is 10.2. The summed E-state index contributed by atoms with van der Waals surface area (Å²) in [6.45, 7) is 1.96. The van der Waals surface area contributed by atoms with Gasteiger partial charge in [0.15, 0.2) is 21.3 Å². The Kier molecular flexibility index (Phi) is 2.62. The standard InChI is InChI=1S/C12H15N3O2S/c1-9-4-2-6-12-13-11(14-15(9)12)8-10-5-3-7-18(10,16)17/h2,4,6,10H,3,5,7-8H2,1H3. The van der Waals surface area contributed by atoms with E-state index in [-0.39, 0.29) is 5.25 Å². The molecule has 0 aliphatic carbocycles. The van der Waals surface area contributed by atoms with E-state index in [4.69, 9.17) is 0 Å². The molecule has 0 bridgehead atoms. The Balaban J connectivity index is 1.94. The first-order valence-electron chi connectivity index (χ1n) is 6.09. The second-order valence-electron chi connectivity index (χ2n) is 4.80. The molecule has 2 aromatic rings. The molecule has 6 heteroatoms. The maximum absolute atomic E-state index is 11.8. The van der Waals surface area contributed by atoms with E-state index in [1.54, 1.807) is 4.52 Å². The number of aromatic nitrogens is 3. The van der Waals surface area contributed by atoms with Gasteiger partial charge in [0.25, 0.3) is 0 Å². The van der Waals surface area contributed by atoms with Gasteiger partial charge in [-0.25, -0.2) is 17.9 Å². The highest BCUT2D eigenvalue weighted by molar-refractivity contribution is 7.92. The molecule has 1 saturated heterocycles. The Morgan fingerprint density at radius 3 is 2.94 bits per heavy atom. The average Bonchev–Trinajstić information content (AvgIpc) is 2.84. The van der Waals surface area contributed by atoms with Crippen LogP contribution in [0, 0.1) is 6.92 Å². The molecular weight excluding hydrogens is 250 g/mol. The van der Waals surface area contributed by atoms with Gasteiger partial charge in [0.2, 0.25) is 0 Å². The summed E-state index contributed by atoms with van der Waals surface area (Å²) in [5, 5.41) is 4.09. The molecule has 1 aliphatic rings. The van der Waals surface area contributed by atoms with Gasteiger partial charge in [-0.3, -0.25) is 0 Å². The zero-order valence-electron chi connectivity index (χ0n) is 10.2. The molecule has 0 radical (unpaired) electrons. The van der Waals surface area contributed by atoms with Crippen LogP contribution in [0.5, 0.6) is 0 Å². The third-order valence-corrected chi connectivity index (χ3v) is 5.74. The number of hydrogen-bond acceptors (Lipinski definition) is 4. The summed E-state index contributed by atoms with van der Waals surface area (Å²) in [5.74, 6) is 0.934. The van der Waals surface area contributed by atoms with Crippen molar-refractivity contribution in [1.82, 2.24) is 14.6 Å². The Morgan fingerprint density at radius 2 is 2.28 bits per heavy atom. The molecule has 0 saturated carbocycles. The van der Waals surface area contributed by atoms with Gasteiger partial charge in [0.05, 0.1) is 11.0 Å². The first-order valence-corrected chi connectivity index (χ1v) is 7.81. The third-order valence-electron chi connectivity index (χ3n) is 3.47. The van der Waals surface area contributed by atoms with Crippen LogP contribution in [0.3, 0.4) is 0 Å². The zero-order valence-corrected chi connectivity index (χ0v) is 11.0. The van der Waals surface area contributed by atoms with Gasteiger partial charge in [-0.15, -0.1) is 0 Å². The molecule has 3 heterocycles. The average molecular weight is 265 g/mol. The van der Waals surface area contributed by atoms with Crippen LogP contribution in [-0.4, -0.2) is 34.0 Å². The summed E-state index contributed by atoms with van der Waals surface area (Å²) in [7, 11) is -2.92. The van der Waals surface area contributed by atoms with E-state index in [2.05, 4.69) is 10.1 Å². The molecule has 1 aliphatic heterocycles. The van der Waals surface area contributed by atoms with Gasteiger partial charge >= 0.3 is 0 Å². The Morgan fingerprint density at radius 1 is 1.44 bits per heavy atom. The van der Waals surface area contributed by atoms with Crippen LogP contribution in [-0.2, 0) is 16.3 Å². The molecule has 1 fully saturated rings. The van der Waals surface area contributed by atoms with Crippen LogP contribution in [0.4, 0.5) is 0 Å². The largest absolute Gasteiger partial charge is 0.229 e. The highest BCUT2D eigenvalue weighted by Gasteiger charge is 2.32. The fourth-order valence-corrected chi connectivity index (χ4v) is 4.29. The normalized spacial score (nSPS) is 22.6. The third kappa shape index (κ3) is 1.90. The van der Waals surface area contributed by atoms with Crippen molar-refractivity contribution in [3.63, 3.8) is 0 Å². The van der Waals surface area contributed by atoms with Crippen LogP contribution >= 0.6 is 0 Å². The molecule has 1 unspecified atom stereocenters. The van der Waals surface area contributed by atoms with Gasteiger partial charge in [-0.1, -0.05) is 6.07 Å². The summed E-state index contributed by atoms with van der Waals surface area (Å²) in [4.78, 5) is 4.39. The predicted molar refractivity (Wildman–Crippen MR) is 68.2 cm³/mol. The van der Waals surface area contributed by atoms with Crippen molar-refractivity contribution in [2.24, 2.45) is 0 Å². The van der Waals surface area contributed by atoms with E-state index in [0.29, 0.717) is 18.0 Å². The number of sulfone groups is 1. The summed E-state index contributed by atoms with van der Waals surface area (Å²) >= 11 is 0. The van der Waals surface area contributed by atoms with E-state index in [0.717, 1.165) is 24.2 Å². The Hall–Kier alpha value is -1.43. The fourth-order valence-electron chi connectivity index (χ4n) is 2.46. The molecule has 0 spiro atoms. The van der Waals surface area contributed by atoms with Gasteiger partial charge in [0.1, 0.15) is 0 Å². The van der Waals surface area contributed by atoms with E-state index < -0.39 is 9.84 Å². The van der Waals surface area contributed by atoms with Gasteiger partial charge < -0.3 is 0 Å². The van der Waals surface area contributed by atoms with E-state index >= 15 is 0 Å². The molecule has 0 amide bonds. The van der Waals surface area contributed by atoms with Crippen molar-refractivity contribution in [2.75, 3.05) is 5.75 Å². The minimum absolute atomic E-state index is 0.296. The molecular formula is C12H15N3O2S. The molecule has 1 atom stereocenters. The van der Waals surface area contributed by atoms with E-state index in [9.17, 15) is 8.42 Å². The maximum Gasteiger partial charge on any atom is 0.155 e. The minimum Gasteiger partial charge on any atom is -0.229 e. The van der Waals surface area contributed by atoms with Crippen molar-refractivity contribution in [3.05, 3.63) is 29.7 Å². The van der Waals surface area contributed by atoms with Crippen molar-refractivity contribution < 1.29 is 8.42 Å². The SMILES string of the molecule is Cc1cccc2nc(CC3CCCS3(=O)=O)nn12. The second kappa shape index (κ2) is 4.05. The van der Waals surface area contributed by atoms with E-state index in [1.807, 2.05) is 25.1 Å². The number of hydrogen-bond donors (Lipinski definition) is 0. The van der Waals surface area contributed by atoms with Gasteiger partial charge in [-0.2, -0.15) is 5.10 Å². The zero-order chi connectivity index (χ0) is 12.8.